The SMILES string of the molecule is CN(C(=O)Cc1ccc(CN)cc1)[C@H](CN1CCCC1)c1ccccc1.Cl.Cl. The van der Waals surface area contributed by atoms with Gasteiger partial charge in [-0.2, -0.15) is 0 Å². The predicted molar refractivity (Wildman–Crippen MR) is 120 cm³/mol. The van der Waals surface area contributed by atoms with Crippen LogP contribution >= 0.6 is 24.8 Å². The Morgan fingerprint density at radius 1 is 1.00 bits per heavy atom. The van der Waals surface area contributed by atoms with E-state index in [1.54, 1.807) is 0 Å². The predicted octanol–water partition coefficient (Wildman–Crippen LogP) is 3.83. The topological polar surface area (TPSA) is 49.6 Å². The number of halogens is 2. The van der Waals surface area contributed by atoms with Crippen LogP contribution < -0.4 is 5.73 Å². The molecule has 1 atom stereocenters. The zero-order valence-corrected chi connectivity index (χ0v) is 18.1. The molecule has 1 amide bonds. The standard InChI is InChI=1S/C22H29N3O.2ClH/c1-24(22(26)15-18-9-11-19(16-23)12-10-18)21(17-25-13-5-6-14-25)20-7-3-2-4-8-20;;/h2-4,7-12,21H,5-6,13-17,23H2,1H3;2*1H/t21-;;/m1../s1. The first-order valence-corrected chi connectivity index (χ1v) is 9.48. The van der Waals surface area contributed by atoms with Gasteiger partial charge in [-0.25, -0.2) is 0 Å². The van der Waals surface area contributed by atoms with Gasteiger partial charge in [0.1, 0.15) is 0 Å². The van der Waals surface area contributed by atoms with Crippen LogP contribution in [0.5, 0.6) is 0 Å². The van der Waals surface area contributed by atoms with Gasteiger partial charge in [-0.3, -0.25) is 4.79 Å². The van der Waals surface area contributed by atoms with Crippen LogP contribution in [0.2, 0.25) is 0 Å². The molecule has 1 saturated heterocycles. The van der Waals surface area contributed by atoms with Crippen molar-refractivity contribution in [3.8, 4) is 0 Å². The van der Waals surface area contributed by atoms with Gasteiger partial charge in [0, 0.05) is 20.1 Å². The summed E-state index contributed by atoms with van der Waals surface area (Å²) in [7, 11) is 1.93. The van der Waals surface area contributed by atoms with E-state index in [4.69, 9.17) is 5.73 Å². The van der Waals surface area contributed by atoms with E-state index < -0.39 is 0 Å². The van der Waals surface area contributed by atoms with Crippen LogP contribution in [0.1, 0.15) is 35.6 Å². The lowest BCUT2D eigenvalue weighted by molar-refractivity contribution is -0.131. The van der Waals surface area contributed by atoms with E-state index in [1.165, 1.54) is 18.4 Å². The van der Waals surface area contributed by atoms with Gasteiger partial charge in [-0.1, -0.05) is 54.6 Å². The van der Waals surface area contributed by atoms with E-state index in [1.807, 2.05) is 42.3 Å². The second-order valence-electron chi connectivity index (χ2n) is 7.14. The molecule has 0 bridgehead atoms. The molecule has 1 heterocycles. The molecule has 0 saturated carbocycles. The number of carbonyl (C=O) groups is 1. The van der Waals surface area contributed by atoms with E-state index >= 15 is 0 Å². The summed E-state index contributed by atoms with van der Waals surface area (Å²) in [6.45, 7) is 3.69. The first-order valence-electron chi connectivity index (χ1n) is 9.48. The monoisotopic (exact) mass is 423 g/mol. The lowest BCUT2D eigenvalue weighted by Crippen LogP contribution is -2.39. The smallest absolute Gasteiger partial charge is 0.227 e. The van der Waals surface area contributed by atoms with Crippen molar-refractivity contribution >= 4 is 30.7 Å². The number of rotatable bonds is 7. The molecule has 2 aromatic carbocycles. The molecule has 2 aromatic rings. The summed E-state index contributed by atoms with van der Waals surface area (Å²) >= 11 is 0. The van der Waals surface area contributed by atoms with Gasteiger partial charge in [-0.05, 0) is 42.6 Å². The Morgan fingerprint density at radius 2 is 1.57 bits per heavy atom. The summed E-state index contributed by atoms with van der Waals surface area (Å²) in [6, 6.07) is 18.5. The van der Waals surface area contributed by atoms with E-state index in [0.29, 0.717) is 13.0 Å². The van der Waals surface area contributed by atoms with Crippen LogP contribution in [0.15, 0.2) is 54.6 Å². The van der Waals surface area contributed by atoms with Gasteiger partial charge < -0.3 is 15.5 Å². The van der Waals surface area contributed by atoms with Crippen molar-refractivity contribution in [1.29, 1.82) is 0 Å². The molecule has 154 valence electrons. The molecule has 0 radical (unpaired) electrons. The molecule has 1 aliphatic heterocycles. The van der Waals surface area contributed by atoms with Crippen LogP contribution in [0.25, 0.3) is 0 Å². The minimum absolute atomic E-state index is 0. The first kappa shape index (κ1) is 24.4. The Morgan fingerprint density at radius 3 is 2.14 bits per heavy atom. The van der Waals surface area contributed by atoms with E-state index in [2.05, 4.69) is 29.2 Å². The maximum absolute atomic E-state index is 12.9. The van der Waals surface area contributed by atoms with Crippen LogP contribution in [-0.2, 0) is 17.8 Å². The molecule has 3 rings (SSSR count). The molecule has 6 heteroatoms. The van der Waals surface area contributed by atoms with Crippen molar-refractivity contribution in [2.24, 2.45) is 5.73 Å². The highest BCUT2D eigenvalue weighted by Crippen LogP contribution is 2.23. The summed E-state index contributed by atoms with van der Waals surface area (Å²) in [6.07, 6.45) is 2.93. The highest BCUT2D eigenvalue weighted by atomic mass is 35.5. The highest BCUT2D eigenvalue weighted by Gasteiger charge is 2.25. The zero-order chi connectivity index (χ0) is 18.4. The fourth-order valence-electron chi connectivity index (χ4n) is 3.60. The number of likely N-dealkylation sites (N-methyl/N-ethyl adjacent to an activating group) is 1. The van der Waals surface area contributed by atoms with Crippen LogP contribution in [0.4, 0.5) is 0 Å². The van der Waals surface area contributed by atoms with Gasteiger partial charge in [0.2, 0.25) is 5.91 Å². The second-order valence-corrected chi connectivity index (χ2v) is 7.14. The summed E-state index contributed by atoms with van der Waals surface area (Å²) in [5.41, 5.74) is 8.98. The number of carbonyl (C=O) groups excluding carboxylic acids is 1. The van der Waals surface area contributed by atoms with Crippen LogP contribution in [0, 0.1) is 0 Å². The van der Waals surface area contributed by atoms with Crippen molar-refractivity contribution in [2.75, 3.05) is 26.7 Å². The summed E-state index contributed by atoms with van der Waals surface area (Å²) in [4.78, 5) is 17.3. The Labute approximate surface area is 180 Å². The van der Waals surface area contributed by atoms with E-state index in [0.717, 1.165) is 30.8 Å². The Kier molecular flexibility index (Phi) is 10.5. The third-order valence-electron chi connectivity index (χ3n) is 5.29. The van der Waals surface area contributed by atoms with Crippen molar-refractivity contribution in [2.45, 2.75) is 31.8 Å². The van der Waals surface area contributed by atoms with Gasteiger partial charge in [0.15, 0.2) is 0 Å². The molecule has 0 aliphatic carbocycles. The second kappa shape index (κ2) is 12.1. The van der Waals surface area contributed by atoms with Crippen molar-refractivity contribution in [1.82, 2.24) is 9.80 Å². The molecule has 4 nitrogen and oxygen atoms in total. The number of nitrogens with zero attached hydrogens (tertiary/aromatic N) is 2. The number of likely N-dealkylation sites (tertiary alicyclic amines) is 1. The van der Waals surface area contributed by atoms with Crippen LogP contribution in [0.3, 0.4) is 0 Å². The minimum atomic E-state index is 0. The lowest BCUT2D eigenvalue weighted by Gasteiger charge is -2.32. The number of benzene rings is 2. The first-order chi connectivity index (χ1) is 12.7. The quantitative estimate of drug-likeness (QED) is 0.735. The van der Waals surface area contributed by atoms with Crippen molar-refractivity contribution in [3.63, 3.8) is 0 Å². The number of amides is 1. The highest BCUT2D eigenvalue weighted by molar-refractivity contribution is 5.85. The lowest BCUT2D eigenvalue weighted by atomic mass is 10.0. The normalized spacial score (nSPS) is 14.6. The number of hydrogen-bond donors (Lipinski definition) is 1. The number of hydrogen-bond acceptors (Lipinski definition) is 3. The largest absolute Gasteiger partial charge is 0.337 e. The fraction of sp³-hybridized carbons (Fsp3) is 0.409. The maximum atomic E-state index is 12.9. The Bertz CT molecular complexity index is 703. The molecule has 0 aromatic heterocycles. The van der Waals surface area contributed by atoms with Gasteiger partial charge in [0.05, 0.1) is 12.5 Å². The van der Waals surface area contributed by atoms with Gasteiger partial charge in [-0.15, -0.1) is 24.8 Å². The average Bonchev–Trinajstić information content (AvgIpc) is 3.20. The average molecular weight is 424 g/mol. The molecule has 28 heavy (non-hydrogen) atoms. The molecule has 0 unspecified atom stereocenters. The molecule has 1 fully saturated rings. The van der Waals surface area contributed by atoms with E-state index in [9.17, 15) is 4.79 Å². The zero-order valence-electron chi connectivity index (χ0n) is 16.4. The van der Waals surface area contributed by atoms with E-state index in [-0.39, 0.29) is 36.8 Å². The summed E-state index contributed by atoms with van der Waals surface area (Å²) in [5, 5.41) is 0. The summed E-state index contributed by atoms with van der Waals surface area (Å²) in [5.74, 6) is 0.151. The third kappa shape index (κ3) is 6.49. The molecule has 2 N–H and O–H groups in total. The van der Waals surface area contributed by atoms with Crippen molar-refractivity contribution in [3.05, 3.63) is 71.3 Å². The maximum Gasteiger partial charge on any atom is 0.227 e. The van der Waals surface area contributed by atoms with Crippen molar-refractivity contribution < 1.29 is 4.79 Å². The van der Waals surface area contributed by atoms with Crippen LogP contribution in [-0.4, -0.2) is 42.4 Å². The van der Waals surface area contributed by atoms with Gasteiger partial charge >= 0.3 is 0 Å². The number of nitrogens with two attached hydrogens (primary N) is 1. The molecule has 1 aliphatic rings. The summed E-state index contributed by atoms with van der Waals surface area (Å²) < 4.78 is 0. The van der Waals surface area contributed by atoms with Gasteiger partial charge in [0.25, 0.3) is 0 Å². The Balaban J connectivity index is 0.00000196. The Hall–Kier alpha value is -1.59. The minimum Gasteiger partial charge on any atom is -0.337 e. The fourth-order valence-corrected chi connectivity index (χ4v) is 3.60. The third-order valence-corrected chi connectivity index (χ3v) is 5.29. The molecular weight excluding hydrogens is 393 g/mol. The molecule has 0 spiro atoms. The molecular formula is C22H31Cl2N3O.